The highest BCUT2D eigenvalue weighted by molar-refractivity contribution is 9.10. The first-order chi connectivity index (χ1) is 9.28. The molecule has 0 spiro atoms. The van der Waals surface area contributed by atoms with Gasteiger partial charge in [-0.05, 0) is 43.3 Å². The number of hydrogen-bond donors (Lipinski definition) is 1. The van der Waals surface area contributed by atoms with Crippen molar-refractivity contribution in [2.75, 3.05) is 12.8 Å². The average molecular weight is 337 g/mol. The summed E-state index contributed by atoms with van der Waals surface area (Å²) in [7, 11) is 2.02. The number of nitrogens with one attached hydrogen (secondary N) is 1. The molecule has 0 radical (unpaired) electrons. The molecule has 1 aromatic heterocycles. The molecule has 0 aliphatic heterocycles. The molecule has 1 heterocycles. The Morgan fingerprint density at radius 3 is 2.89 bits per heavy atom. The topological polar surface area (TPSA) is 24.9 Å². The van der Waals surface area contributed by atoms with E-state index in [1.165, 1.54) is 10.5 Å². The van der Waals surface area contributed by atoms with Gasteiger partial charge in [-0.2, -0.15) is 0 Å². The lowest BCUT2D eigenvalue weighted by atomic mass is 10.1. The van der Waals surface area contributed by atoms with E-state index in [1.807, 2.05) is 37.3 Å². The maximum absolute atomic E-state index is 4.16. The van der Waals surface area contributed by atoms with Gasteiger partial charge in [-0.1, -0.05) is 28.1 Å². The van der Waals surface area contributed by atoms with Crippen molar-refractivity contribution in [1.82, 2.24) is 10.3 Å². The van der Waals surface area contributed by atoms with E-state index in [-0.39, 0.29) is 0 Å². The minimum atomic E-state index is 0.452. The van der Waals surface area contributed by atoms with Gasteiger partial charge in [0, 0.05) is 33.6 Å². The number of halogens is 1. The van der Waals surface area contributed by atoms with Gasteiger partial charge in [0.05, 0.1) is 0 Å². The average Bonchev–Trinajstić information content (AvgIpc) is 2.44. The largest absolute Gasteiger partial charge is 0.316 e. The van der Waals surface area contributed by atoms with Crippen LogP contribution in [0.1, 0.15) is 5.56 Å². The number of benzene rings is 1. The Bertz CT molecular complexity index is 505. The van der Waals surface area contributed by atoms with Crippen molar-refractivity contribution in [1.29, 1.82) is 0 Å². The van der Waals surface area contributed by atoms with Crippen LogP contribution in [0.5, 0.6) is 0 Å². The molecule has 1 atom stereocenters. The van der Waals surface area contributed by atoms with Gasteiger partial charge < -0.3 is 5.32 Å². The molecule has 2 aromatic rings. The van der Waals surface area contributed by atoms with Gasteiger partial charge in [-0.15, -0.1) is 11.8 Å². The van der Waals surface area contributed by atoms with Crippen LogP contribution in [0.2, 0.25) is 0 Å². The number of rotatable bonds is 6. The van der Waals surface area contributed by atoms with Gasteiger partial charge in [0.2, 0.25) is 0 Å². The summed E-state index contributed by atoms with van der Waals surface area (Å²) < 4.78 is 1.13. The van der Waals surface area contributed by atoms with Crippen molar-refractivity contribution in [2.24, 2.45) is 0 Å². The Balaban J connectivity index is 1.89. The third-order valence-electron chi connectivity index (χ3n) is 2.86. The van der Waals surface area contributed by atoms with Crippen LogP contribution in [0.25, 0.3) is 0 Å². The summed E-state index contributed by atoms with van der Waals surface area (Å²) in [6.07, 6.45) is 4.76. The van der Waals surface area contributed by atoms with E-state index >= 15 is 0 Å². The van der Waals surface area contributed by atoms with Crippen LogP contribution in [0.3, 0.4) is 0 Å². The summed E-state index contributed by atoms with van der Waals surface area (Å²) in [4.78, 5) is 5.45. The van der Waals surface area contributed by atoms with Crippen LogP contribution in [0, 0.1) is 0 Å². The predicted octanol–water partition coefficient (Wildman–Crippen LogP) is 3.77. The number of hydrogen-bond acceptors (Lipinski definition) is 3. The summed E-state index contributed by atoms with van der Waals surface area (Å²) >= 11 is 5.38. The van der Waals surface area contributed by atoms with E-state index in [1.54, 1.807) is 0 Å². The normalized spacial score (nSPS) is 12.3. The Morgan fingerprint density at radius 2 is 2.21 bits per heavy atom. The third kappa shape index (κ3) is 4.97. The number of aromatic nitrogens is 1. The lowest BCUT2D eigenvalue weighted by Gasteiger charge is -2.15. The molecule has 0 bridgehead atoms. The highest BCUT2D eigenvalue weighted by Crippen LogP contribution is 2.23. The smallest absolute Gasteiger partial charge is 0.0300 e. The standard InChI is InChI=1S/C15H17BrN2S/c1-17-14(8-12-4-3-7-18-10-12)11-19-15-6-2-5-13(16)9-15/h2-7,9-10,14,17H,8,11H2,1H3. The quantitative estimate of drug-likeness (QED) is 0.813. The Morgan fingerprint density at radius 1 is 1.32 bits per heavy atom. The lowest BCUT2D eigenvalue weighted by Crippen LogP contribution is -2.30. The number of pyridine rings is 1. The lowest BCUT2D eigenvalue weighted by molar-refractivity contribution is 0.616. The molecule has 0 fully saturated rings. The molecular formula is C15H17BrN2S. The van der Waals surface area contributed by atoms with Crippen LogP contribution in [0.4, 0.5) is 0 Å². The van der Waals surface area contributed by atoms with Crippen molar-refractivity contribution < 1.29 is 0 Å². The first-order valence-electron chi connectivity index (χ1n) is 6.22. The van der Waals surface area contributed by atoms with E-state index < -0.39 is 0 Å². The molecule has 2 nitrogen and oxygen atoms in total. The molecule has 1 N–H and O–H groups in total. The Labute approximate surface area is 127 Å². The van der Waals surface area contributed by atoms with Crippen molar-refractivity contribution >= 4 is 27.7 Å². The van der Waals surface area contributed by atoms with Crippen molar-refractivity contribution in [3.63, 3.8) is 0 Å². The van der Waals surface area contributed by atoms with Crippen LogP contribution in [-0.4, -0.2) is 23.8 Å². The Kier molecular flexibility index (Phi) is 5.89. The minimum absolute atomic E-state index is 0.452. The molecule has 1 aromatic carbocycles. The maximum Gasteiger partial charge on any atom is 0.0300 e. The maximum atomic E-state index is 4.16. The van der Waals surface area contributed by atoms with Gasteiger partial charge in [0.15, 0.2) is 0 Å². The predicted molar refractivity (Wildman–Crippen MR) is 85.7 cm³/mol. The molecule has 2 rings (SSSR count). The van der Waals surface area contributed by atoms with Gasteiger partial charge in [-0.25, -0.2) is 0 Å². The number of likely N-dealkylation sites (N-methyl/N-ethyl adjacent to an activating group) is 1. The molecule has 0 aliphatic carbocycles. The van der Waals surface area contributed by atoms with Gasteiger partial charge in [-0.3, -0.25) is 4.98 Å². The van der Waals surface area contributed by atoms with Crippen LogP contribution in [0.15, 0.2) is 58.2 Å². The molecule has 0 saturated carbocycles. The highest BCUT2D eigenvalue weighted by atomic mass is 79.9. The summed E-state index contributed by atoms with van der Waals surface area (Å²) in [5.41, 5.74) is 1.27. The van der Waals surface area contributed by atoms with E-state index in [0.29, 0.717) is 6.04 Å². The molecule has 19 heavy (non-hydrogen) atoms. The molecule has 4 heteroatoms. The summed E-state index contributed by atoms with van der Waals surface area (Å²) in [5.74, 6) is 1.04. The van der Waals surface area contributed by atoms with Crippen LogP contribution < -0.4 is 5.32 Å². The highest BCUT2D eigenvalue weighted by Gasteiger charge is 2.08. The van der Waals surface area contributed by atoms with Crippen LogP contribution in [-0.2, 0) is 6.42 Å². The molecule has 1 unspecified atom stereocenters. The van der Waals surface area contributed by atoms with Crippen molar-refractivity contribution in [2.45, 2.75) is 17.4 Å². The number of thioether (sulfide) groups is 1. The van der Waals surface area contributed by atoms with Crippen molar-refractivity contribution in [3.05, 3.63) is 58.8 Å². The van der Waals surface area contributed by atoms with Gasteiger partial charge >= 0.3 is 0 Å². The van der Waals surface area contributed by atoms with Gasteiger partial charge in [0.25, 0.3) is 0 Å². The SMILES string of the molecule is CNC(CSc1cccc(Br)c1)Cc1cccnc1. The minimum Gasteiger partial charge on any atom is -0.316 e. The van der Waals surface area contributed by atoms with Crippen LogP contribution >= 0.6 is 27.7 Å². The molecule has 0 saturated heterocycles. The molecule has 0 aliphatic rings. The van der Waals surface area contributed by atoms with E-state index in [0.717, 1.165) is 16.6 Å². The third-order valence-corrected chi connectivity index (χ3v) is 4.51. The zero-order valence-corrected chi connectivity index (χ0v) is 13.2. The second-order valence-electron chi connectivity index (χ2n) is 4.32. The molecular weight excluding hydrogens is 320 g/mol. The fraction of sp³-hybridized carbons (Fsp3) is 0.267. The zero-order valence-electron chi connectivity index (χ0n) is 10.8. The Hall–Kier alpha value is -0.840. The first-order valence-corrected chi connectivity index (χ1v) is 8.00. The van der Waals surface area contributed by atoms with E-state index in [4.69, 9.17) is 0 Å². The summed E-state index contributed by atoms with van der Waals surface area (Å²) in [6.45, 7) is 0. The van der Waals surface area contributed by atoms with Crippen molar-refractivity contribution in [3.8, 4) is 0 Å². The van der Waals surface area contributed by atoms with Gasteiger partial charge in [0.1, 0.15) is 0 Å². The summed E-state index contributed by atoms with van der Waals surface area (Å²) in [5, 5.41) is 3.38. The summed E-state index contributed by atoms with van der Waals surface area (Å²) in [6, 6.07) is 13.0. The van der Waals surface area contributed by atoms with E-state index in [9.17, 15) is 0 Å². The first kappa shape index (κ1) is 14.6. The molecule has 0 amide bonds. The van der Waals surface area contributed by atoms with E-state index in [2.05, 4.69) is 56.6 Å². The fourth-order valence-electron chi connectivity index (χ4n) is 1.80. The zero-order chi connectivity index (χ0) is 13.5. The fourth-order valence-corrected chi connectivity index (χ4v) is 3.42. The molecule has 100 valence electrons. The second kappa shape index (κ2) is 7.68. The second-order valence-corrected chi connectivity index (χ2v) is 6.33. The monoisotopic (exact) mass is 336 g/mol. The number of nitrogens with zero attached hydrogens (tertiary/aromatic N) is 1.